The molecule has 0 aromatic heterocycles. The zero-order chi connectivity index (χ0) is 21.9. The summed E-state index contributed by atoms with van der Waals surface area (Å²) < 4.78 is 75.0. The Morgan fingerprint density at radius 2 is 1.37 bits per heavy atom. The molecular formula is C20H18FNO6S2. The smallest absolute Gasteiger partial charge is 0.339 e. The summed E-state index contributed by atoms with van der Waals surface area (Å²) >= 11 is 0. The highest BCUT2D eigenvalue weighted by atomic mass is 32.2. The molecule has 0 amide bonds. The lowest BCUT2D eigenvalue weighted by Gasteiger charge is -2.20. The van der Waals surface area contributed by atoms with E-state index in [4.69, 9.17) is 8.92 Å². The molecule has 0 unspecified atom stereocenters. The molecule has 0 saturated carbocycles. The molecule has 10 heteroatoms. The van der Waals surface area contributed by atoms with E-state index in [0.717, 1.165) is 10.4 Å². The van der Waals surface area contributed by atoms with Gasteiger partial charge in [0.05, 0.1) is 12.8 Å². The molecule has 0 aliphatic heterocycles. The number of hydrogen-bond acceptors (Lipinski definition) is 6. The van der Waals surface area contributed by atoms with E-state index >= 15 is 0 Å². The minimum Gasteiger partial charge on any atom is -0.497 e. The van der Waals surface area contributed by atoms with Gasteiger partial charge in [-0.2, -0.15) is 8.42 Å². The third-order valence-electron chi connectivity index (χ3n) is 4.23. The summed E-state index contributed by atoms with van der Waals surface area (Å²) in [5.41, 5.74) is 0.201. The maximum Gasteiger partial charge on any atom is 0.339 e. The second-order valence-electron chi connectivity index (χ2n) is 6.11. The molecule has 3 aromatic carbocycles. The second-order valence-corrected chi connectivity index (χ2v) is 9.59. The normalized spacial score (nSPS) is 11.7. The summed E-state index contributed by atoms with van der Waals surface area (Å²) in [5.74, 6) is -0.376. The van der Waals surface area contributed by atoms with Gasteiger partial charge in [0.25, 0.3) is 10.0 Å². The van der Waals surface area contributed by atoms with Crippen molar-refractivity contribution in [3.63, 3.8) is 0 Å². The summed E-state index contributed by atoms with van der Waals surface area (Å²) in [5, 5.41) is 0. The highest BCUT2D eigenvalue weighted by Crippen LogP contribution is 2.27. The Balaban J connectivity index is 1.81. The molecule has 0 aliphatic rings. The first-order valence-corrected chi connectivity index (χ1v) is 11.4. The van der Waals surface area contributed by atoms with Gasteiger partial charge < -0.3 is 8.92 Å². The molecule has 0 radical (unpaired) electrons. The molecule has 0 fully saturated rings. The Bertz CT molecular complexity index is 1240. The van der Waals surface area contributed by atoms with Crippen LogP contribution >= 0.6 is 0 Å². The van der Waals surface area contributed by atoms with Crippen LogP contribution in [0.2, 0.25) is 0 Å². The first-order chi connectivity index (χ1) is 14.1. The van der Waals surface area contributed by atoms with Gasteiger partial charge in [-0.05, 0) is 60.7 Å². The number of nitrogens with zero attached hydrogens (tertiary/aromatic N) is 1. The van der Waals surface area contributed by atoms with Gasteiger partial charge in [0, 0.05) is 7.05 Å². The van der Waals surface area contributed by atoms with Crippen LogP contribution in [0.25, 0.3) is 0 Å². The lowest BCUT2D eigenvalue weighted by molar-refractivity contribution is 0.414. The SMILES string of the molecule is COc1ccc(S(=O)(=O)Oc2ccc(N(C)S(=O)(=O)c3ccccc3F)cc2)cc1. The fourth-order valence-electron chi connectivity index (χ4n) is 2.57. The zero-order valence-electron chi connectivity index (χ0n) is 16.0. The van der Waals surface area contributed by atoms with E-state index in [1.165, 1.54) is 80.9 Å². The topological polar surface area (TPSA) is 90.0 Å². The minimum atomic E-state index is -4.13. The van der Waals surface area contributed by atoms with Crippen LogP contribution in [0.1, 0.15) is 0 Å². The van der Waals surface area contributed by atoms with Crippen molar-refractivity contribution in [3.8, 4) is 11.5 Å². The predicted molar refractivity (Wildman–Crippen MR) is 109 cm³/mol. The lowest BCUT2D eigenvalue weighted by atomic mass is 10.3. The van der Waals surface area contributed by atoms with E-state index in [-0.39, 0.29) is 16.3 Å². The average molecular weight is 451 g/mol. The second kappa shape index (κ2) is 8.33. The molecule has 0 saturated heterocycles. The fraction of sp³-hybridized carbons (Fsp3) is 0.100. The third kappa shape index (κ3) is 4.39. The van der Waals surface area contributed by atoms with Gasteiger partial charge in [0.2, 0.25) is 0 Å². The van der Waals surface area contributed by atoms with Gasteiger partial charge in [-0.25, -0.2) is 12.8 Å². The van der Waals surface area contributed by atoms with Crippen LogP contribution in [0, 0.1) is 5.82 Å². The van der Waals surface area contributed by atoms with Crippen molar-refractivity contribution >= 4 is 25.8 Å². The Morgan fingerprint density at radius 3 is 1.93 bits per heavy atom. The summed E-state index contributed by atoms with van der Waals surface area (Å²) in [6.45, 7) is 0. The number of benzene rings is 3. The van der Waals surface area contributed by atoms with Gasteiger partial charge in [-0.3, -0.25) is 4.31 Å². The predicted octanol–water partition coefficient (Wildman–Crippen LogP) is 3.43. The van der Waals surface area contributed by atoms with E-state index < -0.39 is 30.9 Å². The van der Waals surface area contributed by atoms with Crippen LogP contribution < -0.4 is 13.2 Å². The van der Waals surface area contributed by atoms with Crippen molar-refractivity contribution in [3.05, 3.63) is 78.6 Å². The van der Waals surface area contributed by atoms with Crippen molar-refractivity contribution in [1.29, 1.82) is 0 Å². The summed E-state index contributed by atoms with van der Waals surface area (Å²) in [6.07, 6.45) is 0. The molecule has 158 valence electrons. The highest BCUT2D eigenvalue weighted by molar-refractivity contribution is 7.92. The summed E-state index contributed by atoms with van der Waals surface area (Å²) in [7, 11) is -5.49. The first-order valence-electron chi connectivity index (χ1n) is 8.57. The lowest BCUT2D eigenvalue weighted by Crippen LogP contribution is -2.27. The van der Waals surface area contributed by atoms with Gasteiger partial charge in [-0.15, -0.1) is 0 Å². The number of rotatable bonds is 7. The van der Waals surface area contributed by atoms with E-state index in [0.29, 0.717) is 5.75 Å². The molecule has 0 spiro atoms. The standard InChI is InChI=1S/C20H18FNO6S2/c1-22(29(23,24)20-6-4-3-5-19(20)21)15-7-9-17(10-8-15)28-30(25,26)18-13-11-16(27-2)12-14-18/h3-14H,1-2H3. The van der Waals surface area contributed by atoms with Crippen LogP contribution in [-0.4, -0.2) is 31.0 Å². The number of hydrogen-bond donors (Lipinski definition) is 0. The number of ether oxygens (including phenoxy) is 1. The monoisotopic (exact) mass is 451 g/mol. The third-order valence-corrected chi connectivity index (χ3v) is 7.31. The first kappa shape index (κ1) is 21.6. The minimum absolute atomic E-state index is 0.00809. The van der Waals surface area contributed by atoms with Gasteiger partial charge in [0.15, 0.2) is 0 Å². The van der Waals surface area contributed by atoms with Crippen LogP contribution in [-0.2, 0) is 20.1 Å². The van der Waals surface area contributed by atoms with Crippen molar-refractivity contribution in [1.82, 2.24) is 0 Å². The van der Waals surface area contributed by atoms with Crippen molar-refractivity contribution in [2.24, 2.45) is 0 Å². The molecular weight excluding hydrogens is 433 g/mol. The largest absolute Gasteiger partial charge is 0.497 e. The van der Waals surface area contributed by atoms with E-state index in [1.807, 2.05) is 0 Å². The number of methoxy groups -OCH3 is 1. The molecule has 3 rings (SSSR count). The van der Waals surface area contributed by atoms with Crippen LogP contribution in [0.5, 0.6) is 11.5 Å². The number of sulfonamides is 1. The van der Waals surface area contributed by atoms with Crippen molar-refractivity contribution in [2.45, 2.75) is 9.79 Å². The molecule has 3 aromatic rings. The molecule has 0 bridgehead atoms. The summed E-state index contributed by atoms with van der Waals surface area (Å²) in [6, 6.07) is 16.0. The molecule has 0 atom stereocenters. The van der Waals surface area contributed by atoms with Crippen molar-refractivity contribution in [2.75, 3.05) is 18.5 Å². The van der Waals surface area contributed by atoms with E-state index in [9.17, 15) is 21.2 Å². The molecule has 0 N–H and O–H groups in total. The van der Waals surface area contributed by atoms with Gasteiger partial charge in [0.1, 0.15) is 27.1 Å². The fourth-order valence-corrected chi connectivity index (χ4v) is 4.76. The Morgan fingerprint density at radius 1 is 0.800 bits per heavy atom. The molecule has 7 nitrogen and oxygen atoms in total. The summed E-state index contributed by atoms with van der Waals surface area (Å²) in [4.78, 5) is -0.526. The maximum absolute atomic E-state index is 13.9. The van der Waals surface area contributed by atoms with Crippen molar-refractivity contribution < 1.29 is 30.1 Å². The van der Waals surface area contributed by atoms with E-state index in [1.54, 1.807) is 0 Å². The van der Waals surface area contributed by atoms with E-state index in [2.05, 4.69) is 0 Å². The zero-order valence-corrected chi connectivity index (χ0v) is 17.7. The Kier molecular flexibility index (Phi) is 5.99. The average Bonchev–Trinajstić information content (AvgIpc) is 2.73. The number of anilines is 1. The Hall–Kier alpha value is -3.11. The highest BCUT2D eigenvalue weighted by Gasteiger charge is 2.25. The number of halogens is 1. The molecule has 30 heavy (non-hydrogen) atoms. The Labute approximate surface area is 174 Å². The van der Waals surface area contributed by atoms with Crippen LogP contribution in [0.3, 0.4) is 0 Å². The molecule has 0 aliphatic carbocycles. The molecule has 0 heterocycles. The quantitative estimate of drug-likeness (QED) is 0.512. The van der Waals surface area contributed by atoms with Crippen LogP contribution in [0.15, 0.2) is 82.6 Å². The van der Waals surface area contributed by atoms with Gasteiger partial charge >= 0.3 is 10.1 Å². The van der Waals surface area contributed by atoms with Crippen LogP contribution in [0.4, 0.5) is 10.1 Å². The van der Waals surface area contributed by atoms with Gasteiger partial charge in [-0.1, -0.05) is 12.1 Å². The maximum atomic E-state index is 13.9.